The minimum absolute atomic E-state index is 0.168. The van der Waals surface area contributed by atoms with Gasteiger partial charge in [-0.2, -0.15) is 0 Å². The van der Waals surface area contributed by atoms with E-state index in [1.165, 1.54) is 6.08 Å². The van der Waals surface area contributed by atoms with Crippen molar-refractivity contribution in [2.45, 2.75) is 13.5 Å². The third-order valence-corrected chi connectivity index (χ3v) is 5.36. The van der Waals surface area contributed by atoms with E-state index < -0.39 is 17.8 Å². The van der Waals surface area contributed by atoms with Gasteiger partial charge in [0.25, 0.3) is 11.8 Å². The second kappa shape index (κ2) is 8.12. The number of aryl methyl sites for hydroxylation is 1. The van der Waals surface area contributed by atoms with E-state index in [2.05, 4.69) is 50.8 Å². The van der Waals surface area contributed by atoms with Gasteiger partial charge in [0, 0.05) is 15.6 Å². The van der Waals surface area contributed by atoms with Gasteiger partial charge in [-0.3, -0.25) is 20.2 Å². The maximum Gasteiger partial charge on any atom is 0.328 e. The first-order valence-electron chi connectivity index (χ1n) is 9.20. The fraction of sp³-hybridized carbons (Fsp3) is 0.0870. The summed E-state index contributed by atoms with van der Waals surface area (Å²) in [4.78, 5) is 35.4. The zero-order valence-corrected chi connectivity index (χ0v) is 17.6. The first kappa shape index (κ1) is 19.8. The summed E-state index contributed by atoms with van der Waals surface area (Å²) < 4.78 is 6.86. The zero-order valence-electron chi connectivity index (χ0n) is 16.0. The van der Waals surface area contributed by atoms with Crippen LogP contribution in [0.2, 0.25) is 0 Å². The number of barbiturate groups is 1. The van der Waals surface area contributed by atoms with Gasteiger partial charge in [-0.05, 0) is 47.5 Å². The molecular formula is C23H17BrN2O4. The summed E-state index contributed by atoms with van der Waals surface area (Å²) in [6, 6.07) is 16.7. The van der Waals surface area contributed by atoms with Crippen molar-refractivity contribution in [1.82, 2.24) is 10.6 Å². The highest BCUT2D eigenvalue weighted by molar-refractivity contribution is 9.10. The molecule has 1 saturated heterocycles. The number of imide groups is 2. The molecule has 1 aliphatic heterocycles. The number of carbonyl (C=O) groups excluding carboxylic acids is 3. The molecule has 0 bridgehead atoms. The van der Waals surface area contributed by atoms with E-state index in [-0.39, 0.29) is 5.57 Å². The molecule has 1 aliphatic rings. The molecular weight excluding hydrogens is 448 g/mol. The standard InChI is InChI=1S/C23H17BrN2O4/c1-13-6-7-14-4-2-3-5-17(14)19(13)12-30-20-9-8-16(24)10-15(20)11-18-21(27)25-23(29)26-22(18)28/h2-11H,12H2,1H3,(H2,25,26,27,28,29). The molecule has 0 spiro atoms. The first-order valence-corrected chi connectivity index (χ1v) is 9.99. The van der Waals surface area contributed by atoms with Crippen LogP contribution >= 0.6 is 15.9 Å². The Morgan fingerprint density at radius 1 is 0.967 bits per heavy atom. The number of carbonyl (C=O) groups is 3. The predicted octanol–water partition coefficient (Wildman–Crippen LogP) is 4.24. The number of rotatable bonds is 4. The predicted molar refractivity (Wildman–Crippen MR) is 117 cm³/mol. The Balaban J connectivity index is 1.68. The van der Waals surface area contributed by atoms with Crippen LogP contribution in [-0.4, -0.2) is 17.8 Å². The number of hydrogen-bond acceptors (Lipinski definition) is 4. The molecule has 0 radical (unpaired) electrons. The smallest absolute Gasteiger partial charge is 0.328 e. The lowest BCUT2D eigenvalue weighted by Gasteiger charge is -2.16. The van der Waals surface area contributed by atoms with Gasteiger partial charge < -0.3 is 4.74 Å². The van der Waals surface area contributed by atoms with Crippen LogP contribution in [0.5, 0.6) is 5.75 Å². The summed E-state index contributed by atoms with van der Waals surface area (Å²) in [5, 5.41) is 6.37. The van der Waals surface area contributed by atoms with Crippen LogP contribution in [0.1, 0.15) is 16.7 Å². The van der Waals surface area contributed by atoms with Crippen molar-refractivity contribution in [2.24, 2.45) is 0 Å². The number of hydrogen-bond donors (Lipinski definition) is 2. The maximum absolute atomic E-state index is 12.1. The van der Waals surface area contributed by atoms with Gasteiger partial charge >= 0.3 is 6.03 Å². The largest absolute Gasteiger partial charge is 0.488 e. The Kier molecular flexibility index (Phi) is 5.37. The van der Waals surface area contributed by atoms with Crippen LogP contribution in [0.15, 0.2) is 64.6 Å². The van der Waals surface area contributed by atoms with Crippen molar-refractivity contribution >= 4 is 50.6 Å². The fourth-order valence-electron chi connectivity index (χ4n) is 3.31. The molecule has 1 heterocycles. The van der Waals surface area contributed by atoms with Gasteiger partial charge in [0.1, 0.15) is 17.9 Å². The van der Waals surface area contributed by atoms with Gasteiger partial charge in [0.15, 0.2) is 0 Å². The molecule has 0 atom stereocenters. The third-order valence-electron chi connectivity index (χ3n) is 4.86. The molecule has 3 aromatic rings. The minimum Gasteiger partial charge on any atom is -0.488 e. The monoisotopic (exact) mass is 464 g/mol. The summed E-state index contributed by atoms with van der Waals surface area (Å²) in [6.45, 7) is 2.35. The lowest BCUT2D eigenvalue weighted by Crippen LogP contribution is -2.51. The molecule has 150 valence electrons. The zero-order chi connectivity index (χ0) is 21.3. The van der Waals surface area contributed by atoms with Crippen LogP contribution in [-0.2, 0) is 16.2 Å². The molecule has 4 amide bonds. The van der Waals surface area contributed by atoms with Crippen molar-refractivity contribution in [3.05, 3.63) is 81.3 Å². The van der Waals surface area contributed by atoms with E-state index in [4.69, 9.17) is 4.74 Å². The average molecular weight is 465 g/mol. The lowest BCUT2D eigenvalue weighted by atomic mass is 10.0. The maximum atomic E-state index is 12.1. The van der Waals surface area contributed by atoms with E-state index >= 15 is 0 Å². The average Bonchev–Trinajstić information content (AvgIpc) is 2.71. The van der Waals surface area contributed by atoms with Crippen molar-refractivity contribution in [3.8, 4) is 5.75 Å². The van der Waals surface area contributed by atoms with Gasteiger partial charge in [0.05, 0.1) is 0 Å². The molecule has 3 aromatic carbocycles. The Morgan fingerprint density at radius 2 is 1.70 bits per heavy atom. The Bertz CT molecular complexity index is 1210. The van der Waals surface area contributed by atoms with Gasteiger partial charge in [-0.1, -0.05) is 52.3 Å². The Hall–Kier alpha value is -3.45. The normalized spacial score (nSPS) is 13.8. The molecule has 0 aromatic heterocycles. The first-order chi connectivity index (χ1) is 14.4. The summed E-state index contributed by atoms with van der Waals surface area (Å²) in [7, 11) is 0. The van der Waals surface area contributed by atoms with Crippen LogP contribution in [0.3, 0.4) is 0 Å². The van der Waals surface area contributed by atoms with Crippen molar-refractivity contribution in [2.75, 3.05) is 0 Å². The SMILES string of the molecule is Cc1ccc2ccccc2c1COc1ccc(Br)cc1C=C1C(=O)NC(=O)NC1=O. The number of amides is 4. The molecule has 7 heteroatoms. The molecule has 2 N–H and O–H groups in total. The number of nitrogens with one attached hydrogen (secondary N) is 2. The van der Waals surface area contributed by atoms with E-state index in [1.807, 2.05) is 25.1 Å². The second-order valence-electron chi connectivity index (χ2n) is 6.85. The summed E-state index contributed by atoms with van der Waals surface area (Å²) in [5.41, 5.74) is 2.54. The van der Waals surface area contributed by atoms with Gasteiger partial charge in [-0.15, -0.1) is 0 Å². The van der Waals surface area contributed by atoms with E-state index in [9.17, 15) is 14.4 Å². The highest BCUT2D eigenvalue weighted by Crippen LogP contribution is 2.29. The highest BCUT2D eigenvalue weighted by Gasteiger charge is 2.28. The van der Waals surface area contributed by atoms with E-state index in [0.29, 0.717) is 17.9 Å². The molecule has 0 saturated carbocycles. The molecule has 6 nitrogen and oxygen atoms in total. The molecule has 1 fully saturated rings. The molecule has 0 unspecified atom stereocenters. The van der Waals surface area contributed by atoms with Crippen LogP contribution in [0.4, 0.5) is 4.79 Å². The van der Waals surface area contributed by atoms with E-state index in [0.717, 1.165) is 26.4 Å². The number of ether oxygens (including phenoxy) is 1. The van der Waals surface area contributed by atoms with Crippen molar-refractivity contribution < 1.29 is 19.1 Å². The number of fused-ring (bicyclic) bond motifs is 1. The second-order valence-corrected chi connectivity index (χ2v) is 7.76. The topological polar surface area (TPSA) is 84.5 Å². The fourth-order valence-corrected chi connectivity index (χ4v) is 3.69. The van der Waals surface area contributed by atoms with E-state index in [1.54, 1.807) is 12.1 Å². The van der Waals surface area contributed by atoms with Crippen LogP contribution in [0, 0.1) is 6.92 Å². The number of benzene rings is 3. The molecule has 0 aliphatic carbocycles. The number of urea groups is 1. The van der Waals surface area contributed by atoms with Crippen molar-refractivity contribution in [3.63, 3.8) is 0 Å². The van der Waals surface area contributed by atoms with Crippen LogP contribution in [0.25, 0.3) is 16.8 Å². The number of halogens is 1. The summed E-state index contributed by atoms with van der Waals surface area (Å²) in [5.74, 6) is -0.991. The van der Waals surface area contributed by atoms with Gasteiger partial charge in [0.2, 0.25) is 0 Å². The summed E-state index contributed by atoms with van der Waals surface area (Å²) in [6.07, 6.45) is 1.41. The summed E-state index contributed by atoms with van der Waals surface area (Å²) >= 11 is 3.40. The lowest BCUT2D eigenvalue weighted by molar-refractivity contribution is -0.123. The highest BCUT2D eigenvalue weighted by atomic mass is 79.9. The van der Waals surface area contributed by atoms with Crippen molar-refractivity contribution in [1.29, 1.82) is 0 Å². The van der Waals surface area contributed by atoms with Gasteiger partial charge in [-0.25, -0.2) is 4.79 Å². The third kappa shape index (κ3) is 3.97. The molecule has 4 rings (SSSR count). The quantitative estimate of drug-likeness (QED) is 0.446. The Morgan fingerprint density at radius 3 is 2.47 bits per heavy atom. The van der Waals surface area contributed by atoms with Crippen LogP contribution < -0.4 is 15.4 Å². The minimum atomic E-state index is -0.834. The Labute approximate surface area is 181 Å². The molecule has 30 heavy (non-hydrogen) atoms.